The van der Waals surface area contributed by atoms with Crippen molar-refractivity contribution in [3.05, 3.63) is 16.6 Å². The maximum Gasteiger partial charge on any atom is 0.319 e. The summed E-state index contributed by atoms with van der Waals surface area (Å²) in [6, 6.07) is 2.61. The summed E-state index contributed by atoms with van der Waals surface area (Å²) in [5.41, 5.74) is 0.530. The number of carbonyl (C=O) groups is 1. The molecule has 9 heteroatoms. The number of amides is 2. The first kappa shape index (κ1) is 15.4. The molecule has 0 bridgehead atoms. The molecule has 0 spiro atoms. The van der Waals surface area contributed by atoms with E-state index in [9.17, 15) is 13.2 Å². The average Bonchev–Trinajstić information content (AvgIpc) is 2.78. The van der Waals surface area contributed by atoms with Gasteiger partial charge in [0.1, 0.15) is 13.2 Å². The zero-order valence-electron chi connectivity index (χ0n) is 11.6. The summed E-state index contributed by atoms with van der Waals surface area (Å²) < 4.78 is 34.3. The van der Waals surface area contributed by atoms with Gasteiger partial charge in [0, 0.05) is 22.6 Å². The molecule has 2 heterocycles. The van der Waals surface area contributed by atoms with Crippen LogP contribution in [0, 0.1) is 0 Å². The molecular formula is C13H15BrN2O5S. The summed E-state index contributed by atoms with van der Waals surface area (Å²) in [5.74, 6) is 1.29. The lowest BCUT2D eigenvalue weighted by molar-refractivity contribution is 0.171. The summed E-state index contributed by atoms with van der Waals surface area (Å²) >= 11 is 3.36. The molecule has 2 aliphatic heterocycles. The Morgan fingerprint density at radius 1 is 1.23 bits per heavy atom. The van der Waals surface area contributed by atoms with Crippen molar-refractivity contribution in [1.29, 1.82) is 0 Å². The van der Waals surface area contributed by atoms with Gasteiger partial charge >= 0.3 is 6.03 Å². The van der Waals surface area contributed by atoms with E-state index >= 15 is 0 Å². The Hall–Kier alpha value is -1.48. The van der Waals surface area contributed by atoms with E-state index in [2.05, 4.69) is 26.6 Å². The Bertz CT molecular complexity index is 707. The number of rotatable bonds is 2. The fourth-order valence-electron chi connectivity index (χ4n) is 2.41. The second-order valence-corrected chi connectivity index (χ2v) is 8.26. The number of anilines is 1. The van der Waals surface area contributed by atoms with Gasteiger partial charge in [-0.2, -0.15) is 0 Å². The molecule has 22 heavy (non-hydrogen) atoms. The number of nitrogens with one attached hydrogen (secondary N) is 2. The Morgan fingerprint density at radius 3 is 2.55 bits per heavy atom. The molecule has 2 amide bonds. The quantitative estimate of drug-likeness (QED) is 0.798. The molecule has 3 rings (SSSR count). The minimum Gasteiger partial charge on any atom is -0.486 e. The topological polar surface area (TPSA) is 93.7 Å². The molecule has 1 saturated heterocycles. The minimum absolute atomic E-state index is 0.0112. The van der Waals surface area contributed by atoms with Crippen molar-refractivity contribution in [3.8, 4) is 11.5 Å². The van der Waals surface area contributed by atoms with Crippen molar-refractivity contribution in [2.75, 3.05) is 30.0 Å². The fourth-order valence-corrected chi connectivity index (χ4v) is 4.51. The SMILES string of the molecule is O=C(Nc1cc2c(cc1Br)OCCO2)N[C@@H]1CCS(=O)(=O)C1. The van der Waals surface area contributed by atoms with Crippen LogP contribution >= 0.6 is 15.9 Å². The van der Waals surface area contributed by atoms with E-state index in [1.165, 1.54) is 0 Å². The van der Waals surface area contributed by atoms with E-state index in [0.717, 1.165) is 0 Å². The third kappa shape index (κ3) is 3.46. The number of halogens is 1. The molecule has 2 N–H and O–H groups in total. The highest BCUT2D eigenvalue weighted by molar-refractivity contribution is 9.10. The highest BCUT2D eigenvalue weighted by atomic mass is 79.9. The zero-order chi connectivity index (χ0) is 15.7. The lowest BCUT2D eigenvalue weighted by atomic mass is 10.2. The molecule has 0 aromatic heterocycles. The molecule has 2 aliphatic rings. The number of sulfone groups is 1. The van der Waals surface area contributed by atoms with Crippen LogP contribution in [-0.4, -0.2) is 45.2 Å². The largest absolute Gasteiger partial charge is 0.486 e. The summed E-state index contributed by atoms with van der Waals surface area (Å²) in [6.07, 6.45) is 0.443. The van der Waals surface area contributed by atoms with E-state index in [4.69, 9.17) is 9.47 Å². The average molecular weight is 391 g/mol. The highest BCUT2D eigenvalue weighted by Crippen LogP contribution is 2.38. The summed E-state index contributed by atoms with van der Waals surface area (Å²) in [6.45, 7) is 0.947. The van der Waals surface area contributed by atoms with E-state index in [-0.39, 0.29) is 17.5 Å². The van der Waals surface area contributed by atoms with E-state index < -0.39 is 15.9 Å². The maximum atomic E-state index is 12.0. The van der Waals surface area contributed by atoms with Crippen molar-refractivity contribution < 1.29 is 22.7 Å². The van der Waals surface area contributed by atoms with Crippen molar-refractivity contribution in [3.63, 3.8) is 0 Å². The van der Waals surface area contributed by atoms with Gasteiger partial charge in [-0.05, 0) is 22.4 Å². The van der Waals surface area contributed by atoms with Crippen molar-refractivity contribution in [2.45, 2.75) is 12.5 Å². The van der Waals surface area contributed by atoms with E-state index in [1.807, 2.05) is 0 Å². The molecule has 1 aromatic rings. The van der Waals surface area contributed by atoms with Gasteiger partial charge in [-0.1, -0.05) is 0 Å². The van der Waals surface area contributed by atoms with Gasteiger partial charge in [-0.15, -0.1) is 0 Å². The van der Waals surface area contributed by atoms with Gasteiger partial charge in [0.05, 0.1) is 17.2 Å². The van der Waals surface area contributed by atoms with Crippen LogP contribution < -0.4 is 20.1 Å². The number of hydrogen-bond acceptors (Lipinski definition) is 5. The second-order valence-electron chi connectivity index (χ2n) is 5.17. The van der Waals surface area contributed by atoms with Crippen LogP contribution in [0.4, 0.5) is 10.5 Å². The van der Waals surface area contributed by atoms with Gasteiger partial charge in [0.2, 0.25) is 0 Å². The van der Waals surface area contributed by atoms with Gasteiger partial charge in [0.25, 0.3) is 0 Å². The zero-order valence-corrected chi connectivity index (χ0v) is 14.0. The molecule has 0 saturated carbocycles. The predicted octanol–water partition coefficient (Wildman–Crippen LogP) is 1.53. The number of ether oxygens (including phenoxy) is 2. The molecule has 0 aliphatic carbocycles. The first-order chi connectivity index (χ1) is 10.4. The molecule has 120 valence electrons. The highest BCUT2D eigenvalue weighted by Gasteiger charge is 2.29. The number of urea groups is 1. The van der Waals surface area contributed by atoms with Crippen LogP contribution in [0.5, 0.6) is 11.5 Å². The Labute approximate surface area is 136 Å². The lowest BCUT2D eigenvalue weighted by Gasteiger charge is -2.20. The number of benzene rings is 1. The number of fused-ring (bicyclic) bond motifs is 1. The van der Waals surface area contributed by atoms with Crippen molar-refractivity contribution in [2.24, 2.45) is 0 Å². The number of hydrogen-bond donors (Lipinski definition) is 2. The van der Waals surface area contributed by atoms with Crippen LogP contribution in [-0.2, 0) is 9.84 Å². The fraction of sp³-hybridized carbons (Fsp3) is 0.462. The molecule has 7 nitrogen and oxygen atoms in total. The third-order valence-electron chi connectivity index (χ3n) is 3.45. The van der Waals surface area contributed by atoms with E-state index in [0.29, 0.717) is 41.3 Å². The second kappa shape index (κ2) is 5.96. The Balaban J connectivity index is 1.66. The van der Waals surface area contributed by atoms with Gasteiger partial charge in [-0.25, -0.2) is 13.2 Å². The molecule has 1 fully saturated rings. The maximum absolute atomic E-state index is 12.0. The minimum atomic E-state index is -3.02. The van der Waals surface area contributed by atoms with Crippen LogP contribution in [0.2, 0.25) is 0 Å². The summed E-state index contributed by atoms with van der Waals surface area (Å²) in [4.78, 5) is 12.0. The molecule has 0 radical (unpaired) electrons. The van der Waals surface area contributed by atoms with Crippen LogP contribution in [0.25, 0.3) is 0 Å². The lowest BCUT2D eigenvalue weighted by Crippen LogP contribution is -2.38. The smallest absolute Gasteiger partial charge is 0.319 e. The predicted molar refractivity (Wildman–Crippen MR) is 84.3 cm³/mol. The van der Waals surface area contributed by atoms with Crippen LogP contribution in [0.3, 0.4) is 0 Å². The van der Waals surface area contributed by atoms with Crippen molar-refractivity contribution in [1.82, 2.24) is 5.32 Å². The third-order valence-corrected chi connectivity index (χ3v) is 5.87. The molecule has 0 unspecified atom stereocenters. The first-order valence-electron chi connectivity index (χ1n) is 6.80. The van der Waals surface area contributed by atoms with Crippen molar-refractivity contribution >= 4 is 37.5 Å². The summed E-state index contributed by atoms with van der Waals surface area (Å²) in [5, 5.41) is 5.36. The first-order valence-corrected chi connectivity index (χ1v) is 9.41. The molecule has 1 aromatic carbocycles. The standard InChI is InChI=1S/C13H15BrN2O5S/c14-9-5-11-12(21-3-2-20-11)6-10(9)16-13(17)15-8-1-4-22(18,19)7-8/h5-6,8H,1-4,7H2,(H2,15,16,17)/t8-/m1/s1. The van der Waals surface area contributed by atoms with E-state index in [1.54, 1.807) is 12.1 Å². The van der Waals surface area contributed by atoms with Gasteiger partial charge in [-0.3, -0.25) is 0 Å². The molecular weight excluding hydrogens is 376 g/mol. The Kier molecular flexibility index (Phi) is 4.18. The summed E-state index contributed by atoms with van der Waals surface area (Å²) in [7, 11) is -3.02. The Morgan fingerprint density at radius 2 is 1.91 bits per heavy atom. The normalized spacial score (nSPS) is 22.1. The van der Waals surface area contributed by atoms with Gasteiger partial charge in [0.15, 0.2) is 21.3 Å². The molecule has 1 atom stereocenters. The monoisotopic (exact) mass is 390 g/mol. The van der Waals surface area contributed by atoms with Crippen LogP contribution in [0.1, 0.15) is 6.42 Å². The van der Waals surface area contributed by atoms with Crippen LogP contribution in [0.15, 0.2) is 16.6 Å². The number of carbonyl (C=O) groups excluding carboxylic acids is 1. The van der Waals surface area contributed by atoms with Gasteiger partial charge < -0.3 is 20.1 Å².